The summed E-state index contributed by atoms with van der Waals surface area (Å²) in [4.78, 5) is 8.26. The summed E-state index contributed by atoms with van der Waals surface area (Å²) in [5.41, 5.74) is 5.65. The highest BCUT2D eigenvalue weighted by Crippen LogP contribution is 2.21. The normalized spacial score (nSPS) is 25.4. The lowest BCUT2D eigenvalue weighted by atomic mass is 9.92. The number of aliphatic hydroxyl groups excluding tert-OH is 1. The van der Waals surface area contributed by atoms with Gasteiger partial charge in [-0.15, -0.1) is 0 Å². The summed E-state index contributed by atoms with van der Waals surface area (Å²) in [7, 11) is 0. The van der Waals surface area contributed by atoms with Crippen LogP contribution < -0.4 is 11.1 Å². The van der Waals surface area contributed by atoms with E-state index in [0.29, 0.717) is 17.5 Å². The number of nitrogens with one attached hydrogen (secondary N) is 1. The number of nitrogens with zero attached hydrogens (tertiary/aromatic N) is 2. The Kier molecular flexibility index (Phi) is 3.24. The van der Waals surface area contributed by atoms with Crippen LogP contribution in [-0.4, -0.2) is 27.2 Å². The summed E-state index contributed by atoms with van der Waals surface area (Å²) in [5, 5.41) is 13.1. The average molecular weight is 222 g/mol. The van der Waals surface area contributed by atoms with Crippen molar-refractivity contribution in [2.24, 2.45) is 0 Å². The zero-order valence-corrected chi connectivity index (χ0v) is 9.48. The topological polar surface area (TPSA) is 84.1 Å². The van der Waals surface area contributed by atoms with Crippen molar-refractivity contribution in [2.45, 2.75) is 44.8 Å². The first-order valence-electron chi connectivity index (χ1n) is 5.71. The molecule has 0 aromatic carbocycles. The van der Waals surface area contributed by atoms with Crippen molar-refractivity contribution < 1.29 is 5.11 Å². The third kappa shape index (κ3) is 2.61. The molecule has 1 aliphatic rings. The molecule has 2 unspecified atom stereocenters. The molecule has 0 saturated heterocycles. The standard InChI is InChI=1S/C11H18N4O/c1-7-13-10(12)6-11(14-7)15-8-4-2-3-5-9(8)16/h6,8-9,16H,2-5H2,1H3,(H3,12,13,14,15). The SMILES string of the molecule is Cc1nc(N)cc(NC2CCCCC2O)n1. The van der Waals surface area contributed by atoms with Gasteiger partial charge in [-0.05, 0) is 19.8 Å². The fraction of sp³-hybridized carbons (Fsp3) is 0.636. The molecule has 1 aromatic rings. The first-order chi connectivity index (χ1) is 7.65. The van der Waals surface area contributed by atoms with Gasteiger partial charge in [0.1, 0.15) is 17.5 Å². The molecule has 0 spiro atoms. The number of nitrogens with two attached hydrogens (primary N) is 1. The monoisotopic (exact) mass is 222 g/mol. The minimum atomic E-state index is -0.287. The van der Waals surface area contributed by atoms with Crippen LogP contribution in [0, 0.1) is 6.92 Å². The zero-order valence-electron chi connectivity index (χ0n) is 9.48. The molecule has 1 heterocycles. The van der Waals surface area contributed by atoms with Crippen LogP contribution in [0.2, 0.25) is 0 Å². The third-order valence-electron chi connectivity index (χ3n) is 2.92. The second-order valence-electron chi connectivity index (χ2n) is 4.33. The van der Waals surface area contributed by atoms with Gasteiger partial charge in [0.25, 0.3) is 0 Å². The molecule has 2 atom stereocenters. The highest BCUT2D eigenvalue weighted by Gasteiger charge is 2.23. The van der Waals surface area contributed by atoms with Gasteiger partial charge in [-0.1, -0.05) is 12.8 Å². The summed E-state index contributed by atoms with van der Waals surface area (Å²) >= 11 is 0. The summed E-state index contributed by atoms with van der Waals surface area (Å²) in [5.74, 6) is 1.81. The van der Waals surface area contributed by atoms with E-state index in [2.05, 4.69) is 15.3 Å². The Balaban J connectivity index is 2.07. The van der Waals surface area contributed by atoms with Crippen molar-refractivity contribution >= 4 is 11.6 Å². The van der Waals surface area contributed by atoms with Gasteiger partial charge in [-0.3, -0.25) is 0 Å². The van der Waals surface area contributed by atoms with Gasteiger partial charge in [0.2, 0.25) is 0 Å². The number of aromatic nitrogens is 2. The van der Waals surface area contributed by atoms with E-state index in [9.17, 15) is 5.11 Å². The highest BCUT2D eigenvalue weighted by atomic mass is 16.3. The van der Waals surface area contributed by atoms with Crippen LogP contribution >= 0.6 is 0 Å². The number of rotatable bonds is 2. The second kappa shape index (κ2) is 4.65. The summed E-state index contributed by atoms with van der Waals surface area (Å²) in [6.07, 6.45) is 3.80. The van der Waals surface area contributed by atoms with Crippen molar-refractivity contribution in [1.82, 2.24) is 9.97 Å². The van der Waals surface area contributed by atoms with Gasteiger partial charge in [0.05, 0.1) is 12.1 Å². The predicted octanol–water partition coefficient (Wildman–Crippen LogP) is 1.08. The largest absolute Gasteiger partial charge is 0.391 e. The molecule has 5 heteroatoms. The Labute approximate surface area is 95.1 Å². The van der Waals surface area contributed by atoms with Crippen molar-refractivity contribution in [2.75, 3.05) is 11.1 Å². The van der Waals surface area contributed by atoms with Crippen molar-refractivity contribution in [3.63, 3.8) is 0 Å². The summed E-state index contributed by atoms with van der Waals surface area (Å²) in [6.45, 7) is 1.80. The van der Waals surface area contributed by atoms with E-state index in [1.165, 1.54) is 0 Å². The number of nitrogen functional groups attached to an aromatic ring is 1. The first kappa shape index (κ1) is 11.1. The zero-order chi connectivity index (χ0) is 11.5. The average Bonchev–Trinajstić information content (AvgIpc) is 2.20. The highest BCUT2D eigenvalue weighted by molar-refractivity contribution is 5.45. The van der Waals surface area contributed by atoms with Gasteiger partial charge in [0.15, 0.2) is 0 Å². The molecule has 88 valence electrons. The van der Waals surface area contributed by atoms with Crippen molar-refractivity contribution in [3.8, 4) is 0 Å². The lowest BCUT2D eigenvalue weighted by molar-refractivity contribution is 0.116. The van der Waals surface area contributed by atoms with Gasteiger partial charge in [-0.2, -0.15) is 0 Å². The lowest BCUT2D eigenvalue weighted by Gasteiger charge is -2.28. The second-order valence-corrected chi connectivity index (χ2v) is 4.33. The number of aliphatic hydroxyl groups is 1. The number of anilines is 2. The molecule has 0 aliphatic heterocycles. The molecule has 0 amide bonds. The van der Waals surface area contributed by atoms with E-state index in [0.717, 1.165) is 25.7 Å². The molecule has 16 heavy (non-hydrogen) atoms. The van der Waals surface area contributed by atoms with E-state index in [1.807, 2.05) is 0 Å². The van der Waals surface area contributed by atoms with Crippen molar-refractivity contribution in [3.05, 3.63) is 11.9 Å². The van der Waals surface area contributed by atoms with E-state index in [4.69, 9.17) is 5.73 Å². The van der Waals surface area contributed by atoms with Crippen LogP contribution in [0.3, 0.4) is 0 Å². The van der Waals surface area contributed by atoms with Crippen LogP contribution in [0.1, 0.15) is 31.5 Å². The van der Waals surface area contributed by atoms with Crippen LogP contribution in [0.4, 0.5) is 11.6 Å². The molecular weight excluding hydrogens is 204 g/mol. The molecular formula is C11H18N4O. The Bertz CT molecular complexity index is 349. The van der Waals surface area contributed by atoms with Gasteiger partial charge in [-0.25, -0.2) is 9.97 Å². The van der Waals surface area contributed by atoms with E-state index >= 15 is 0 Å². The Morgan fingerprint density at radius 3 is 2.81 bits per heavy atom. The van der Waals surface area contributed by atoms with E-state index in [-0.39, 0.29) is 12.1 Å². The Morgan fingerprint density at radius 2 is 2.12 bits per heavy atom. The fourth-order valence-electron chi connectivity index (χ4n) is 2.13. The predicted molar refractivity (Wildman–Crippen MR) is 63.1 cm³/mol. The first-order valence-corrected chi connectivity index (χ1v) is 5.71. The van der Waals surface area contributed by atoms with Gasteiger partial charge in [0, 0.05) is 6.07 Å². The smallest absolute Gasteiger partial charge is 0.132 e. The number of hydrogen-bond acceptors (Lipinski definition) is 5. The minimum absolute atomic E-state index is 0.0856. The van der Waals surface area contributed by atoms with E-state index in [1.54, 1.807) is 13.0 Å². The van der Waals surface area contributed by atoms with Crippen molar-refractivity contribution in [1.29, 1.82) is 0 Å². The van der Waals surface area contributed by atoms with Gasteiger partial charge < -0.3 is 16.2 Å². The molecule has 4 N–H and O–H groups in total. The van der Waals surface area contributed by atoms with Gasteiger partial charge >= 0.3 is 0 Å². The molecule has 1 fully saturated rings. The molecule has 1 aromatic heterocycles. The molecule has 1 aliphatic carbocycles. The quantitative estimate of drug-likeness (QED) is 0.697. The number of hydrogen-bond donors (Lipinski definition) is 3. The lowest BCUT2D eigenvalue weighted by Crippen LogP contribution is -2.36. The maximum Gasteiger partial charge on any atom is 0.132 e. The summed E-state index contributed by atoms with van der Waals surface area (Å²) < 4.78 is 0. The van der Waals surface area contributed by atoms with E-state index < -0.39 is 0 Å². The molecule has 1 saturated carbocycles. The molecule has 0 radical (unpaired) electrons. The maximum absolute atomic E-state index is 9.83. The van der Waals surface area contributed by atoms with Crippen LogP contribution in [0.15, 0.2) is 6.07 Å². The molecule has 5 nitrogen and oxygen atoms in total. The molecule has 0 bridgehead atoms. The number of aryl methyl sites for hydroxylation is 1. The Morgan fingerprint density at radius 1 is 1.38 bits per heavy atom. The molecule has 2 rings (SSSR count). The fourth-order valence-corrected chi connectivity index (χ4v) is 2.13. The Hall–Kier alpha value is -1.36. The maximum atomic E-state index is 9.83. The third-order valence-corrected chi connectivity index (χ3v) is 2.92. The summed E-state index contributed by atoms with van der Waals surface area (Å²) in [6, 6.07) is 1.79. The van der Waals surface area contributed by atoms with Crippen LogP contribution in [0.5, 0.6) is 0 Å². The minimum Gasteiger partial charge on any atom is -0.391 e. The van der Waals surface area contributed by atoms with Crippen LogP contribution in [0.25, 0.3) is 0 Å². The van der Waals surface area contributed by atoms with Crippen LogP contribution in [-0.2, 0) is 0 Å².